The summed E-state index contributed by atoms with van der Waals surface area (Å²) in [5, 5.41) is 10.7. The van der Waals surface area contributed by atoms with Crippen LogP contribution in [0.3, 0.4) is 0 Å². The molecule has 3 rings (SSSR count). The van der Waals surface area contributed by atoms with Crippen molar-refractivity contribution in [2.24, 2.45) is 5.92 Å². The van der Waals surface area contributed by atoms with Gasteiger partial charge in [0.1, 0.15) is 11.5 Å². The highest BCUT2D eigenvalue weighted by molar-refractivity contribution is 6.16. The van der Waals surface area contributed by atoms with E-state index in [4.69, 9.17) is 9.47 Å². The van der Waals surface area contributed by atoms with E-state index in [1.165, 1.54) is 4.90 Å². The zero-order valence-electron chi connectivity index (χ0n) is 18.4. The van der Waals surface area contributed by atoms with Crippen molar-refractivity contribution < 1.29 is 24.2 Å². The van der Waals surface area contributed by atoms with Crippen molar-refractivity contribution in [1.82, 2.24) is 0 Å². The van der Waals surface area contributed by atoms with Crippen LogP contribution in [0.25, 0.3) is 0 Å². The van der Waals surface area contributed by atoms with Crippen LogP contribution >= 0.6 is 0 Å². The molecule has 31 heavy (non-hydrogen) atoms. The average molecular weight is 424 g/mol. The Bertz CT molecular complexity index is 978. The summed E-state index contributed by atoms with van der Waals surface area (Å²) in [7, 11) is 1.55. The fraction of sp³-hybridized carbons (Fsp3) is 0.360. The Hall–Kier alpha value is -3.28. The van der Waals surface area contributed by atoms with Gasteiger partial charge >= 0.3 is 0 Å². The number of carbonyl (C=O) groups excluding carboxylic acids is 2. The number of aliphatic hydroxyl groups excluding tert-OH is 1. The van der Waals surface area contributed by atoms with Crippen LogP contribution in [0, 0.1) is 5.92 Å². The SMILES string of the molecule is CCCOc1ccc(C2C(C(=O)CC(C)C)=C(O)C(=O)N2c2cccc(OC)c2)cc1. The van der Waals surface area contributed by atoms with Gasteiger partial charge in [-0.2, -0.15) is 0 Å². The van der Waals surface area contributed by atoms with Gasteiger partial charge in [-0.15, -0.1) is 0 Å². The smallest absolute Gasteiger partial charge is 0.294 e. The minimum atomic E-state index is -0.730. The van der Waals surface area contributed by atoms with Crippen LogP contribution in [-0.4, -0.2) is 30.5 Å². The van der Waals surface area contributed by atoms with Gasteiger partial charge in [0.15, 0.2) is 11.5 Å². The highest BCUT2D eigenvalue weighted by Crippen LogP contribution is 2.42. The number of anilines is 1. The average Bonchev–Trinajstić information content (AvgIpc) is 3.03. The molecule has 1 aliphatic heterocycles. The van der Waals surface area contributed by atoms with E-state index in [1.807, 2.05) is 45.0 Å². The Morgan fingerprint density at radius 3 is 2.45 bits per heavy atom. The molecular formula is C25H29NO5. The third kappa shape index (κ3) is 4.74. The number of amides is 1. The highest BCUT2D eigenvalue weighted by Gasteiger charge is 2.44. The molecule has 6 heteroatoms. The van der Waals surface area contributed by atoms with Crippen molar-refractivity contribution in [3.05, 3.63) is 65.4 Å². The quantitative estimate of drug-likeness (QED) is 0.614. The van der Waals surface area contributed by atoms with Crippen LogP contribution in [0.4, 0.5) is 5.69 Å². The molecule has 6 nitrogen and oxygen atoms in total. The van der Waals surface area contributed by atoms with Crippen molar-refractivity contribution in [1.29, 1.82) is 0 Å². The summed E-state index contributed by atoms with van der Waals surface area (Å²) in [5.41, 5.74) is 1.39. The van der Waals surface area contributed by atoms with Crippen molar-refractivity contribution >= 4 is 17.4 Å². The highest BCUT2D eigenvalue weighted by atomic mass is 16.5. The van der Waals surface area contributed by atoms with E-state index in [2.05, 4.69) is 0 Å². The lowest BCUT2D eigenvalue weighted by atomic mass is 9.92. The van der Waals surface area contributed by atoms with E-state index in [0.717, 1.165) is 12.0 Å². The first-order valence-electron chi connectivity index (χ1n) is 10.5. The molecule has 1 N–H and O–H groups in total. The molecule has 0 saturated carbocycles. The Kier molecular flexibility index (Phi) is 7.00. The van der Waals surface area contributed by atoms with Gasteiger partial charge in [-0.3, -0.25) is 14.5 Å². The molecule has 0 radical (unpaired) electrons. The zero-order chi connectivity index (χ0) is 22.5. The largest absolute Gasteiger partial charge is 0.503 e. The Balaban J connectivity index is 2.07. The summed E-state index contributed by atoms with van der Waals surface area (Å²) in [4.78, 5) is 27.6. The van der Waals surface area contributed by atoms with Crippen molar-refractivity contribution in [2.45, 2.75) is 39.7 Å². The lowest BCUT2D eigenvalue weighted by molar-refractivity contribution is -0.118. The monoisotopic (exact) mass is 423 g/mol. The van der Waals surface area contributed by atoms with Gasteiger partial charge in [0.05, 0.1) is 25.3 Å². The number of ether oxygens (including phenoxy) is 2. The molecule has 0 aromatic heterocycles. The number of methoxy groups -OCH3 is 1. The molecule has 164 valence electrons. The van der Waals surface area contributed by atoms with Gasteiger partial charge in [0.25, 0.3) is 5.91 Å². The maximum absolute atomic E-state index is 13.1. The molecule has 0 spiro atoms. The molecule has 1 amide bonds. The number of ketones is 1. The predicted octanol–water partition coefficient (Wildman–Crippen LogP) is 5.00. The van der Waals surface area contributed by atoms with Gasteiger partial charge in [0, 0.05) is 18.2 Å². The molecule has 0 saturated heterocycles. The number of carbonyl (C=O) groups is 2. The number of Topliss-reactive ketones (excluding diaryl/α,β-unsaturated/α-hetero) is 1. The van der Waals surface area contributed by atoms with Crippen molar-refractivity contribution in [3.8, 4) is 11.5 Å². The van der Waals surface area contributed by atoms with E-state index >= 15 is 0 Å². The predicted molar refractivity (Wildman–Crippen MR) is 120 cm³/mol. The maximum Gasteiger partial charge on any atom is 0.294 e. The van der Waals surface area contributed by atoms with Crippen LogP contribution in [0.1, 0.15) is 45.2 Å². The third-order valence-corrected chi connectivity index (χ3v) is 5.10. The Morgan fingerprint density at radius 1 is 1.13 bits per heavy atom. The maximum atomic E-state index is 13.1. The van der Waals surface area contributed by atoms with E-state index < -0.39 is 17.7 Å². The summed E-state index contributed by atoms with van der Waals surface area (Å²) >= 11 is 0. The van der Waals surface area contributed by atoms with Gasteiger partial charge in [0.2, 0.25) is 0 Å². The molecule has 0 aliphatic carbocycles. The van der Waals surface area contributed by atoms with Crippen LogP contribution in [-0.2, 0) is 9.59 Å². The first kappa shape index (κ1) is 22.4. The van der Waals surface area contributed by atoms with Gasteiger partial charge in [-0.05, 0) is 42.2 Å². The fourth-order valence-corrected chi connectivity index (χ4v) is 3.68. The van der Waals surface area contributed by atoms with E-state index in [0.29, 0.717) is 23.8 Å². The summed E-state index contributed by atoms with van der Waals surface area (Å²) in [5.74, 6) is 0.0585. The topological polar surface area (TPSA) is 76.1 Å². The van der Waals surface area contributed by atoms with Crippen LogP contribution < -0.4 is 14.4 Å². The molecule has 1 unspecified atom stereocenters. The van der Waals surface area contributed by atoms with Crippen molar-refractivity contribution in [3.63, 3.8) is 0 Å². The number of benzene rings is 2. The normalized spacial score (nSPS) is 16.2. The van der Waals surface area contributed by atoms with Crippen molar-refractivity contribution in [2.75, 3.05) is 18.6 Å². The van der Waals surface area contributed by atoms with Gasteiger partial charge < -0.3 is 14.6 Å². The second kappa shape index (κ2) is 9.69. The standard InChI is InChI=1S/C25H29NO5/c1-5-13-31-19-11-9-17(10-12-19)23-22(21(27)14-16(2)3)24(28)25(29)26(23)18-7-6-8-20(15-18)30-4/h6-12,15-16,23,28H,5,13-14H2,1-4H3. The van der Waals surface area contributed by atoms with E-state index in [-0.39, 0.29) is 23.7 Å². The van der Waals surface area contributed by atoms with E-state index in [1.54, 1.807) is 31.4 Å². The number of hydrogen-bond acceptors (Lipinski definition) is 5. The minimum absolute atomic E-state index is 0.0965. The van der Waals surface area contributed by atoms with E-state index in [9.17, 15) is 14.7 Å². The molecular weight excluding hydrogens is 394 g/mol. The third-order valence-electron chi connectivity index (χ3n) is 5.10. The second-order valence-electron chi connectivity index (χ2n) is 7.98. The number of hydrogen-bond donors (Lipinski definition) is 1. The molecule has 1 aliphatic rings. The number of nitrogens with zero attached hydrogens (tertiary/aromatic N) is 1. The molecule has 0 fully saturated rings. The summed E-state index contributed by atoms with van der Waals surface area (Å²) in [6.45, 7) is 6.50. The van der Waals surface area contributed by atoms with Crippen LogP contribution in [0.15, 0.2) is 59.9 Å². The fourth-order valence-electron chi connectivity index (χ4n) is 3.68. The van der Waals surface area contributed by atoms with Gasteiger partial charge in [-0.25, -0.2) is 0 Å². The summed E-state index contributed by atoms with van der Waals surface area (Å²) < 4.78 is 11.0. The summed E-state index contributed by atoms with van der Waals surface area (Å²) in [6, 6.07) is 13.6. The first-order valence-corrected chi connectivity index (χ1v) is 10.5. The molecule has 0 bridgehead atoms. The molecule has 2 aromatic rings. The Labute approximate surface area is 183 Å². The number of aliphatic hydroxyl groups is 1. The molecule has 1 heterocycles. The second-order valence-corrected chi connectivity index (χ2v) is 7.98. The van der Waals surface area contributed by atoms with Crippen LogP contribution in [0.5, 0.6) is 11.5 Å². The zero-order valence-corrected chi connectivity index (χ0v) is 18.4. The summed E-state index contributed by atoms with van der Waals surface area (Å²) in [6.07, 6.45) is 1.14. The number of rotatable bonds is 9. The molecule has 1 atom stereocenters. The van der Waals surface area contributed by atoms with Gasteiger partial charge in [-0.1, -0.05) is 39.0 Å². The lowest BCUT2D eigenvalue weighted by Crippen LogP contribution is -2.31. The minimum Gasteiger partial charge on any atom is -0.503 e. The lowest BCUT2D eigenvalue weighted by Gasteiger charge is -2.27. The Morgan fingerprint density at radius 2 is 1.84 bits per heavy atom. The molecule has 2 aromatic carbocycles. The first-order chi connectivity index (χ1) is 14.9. The van der Waals surface area contributed by atoms with Crippen LogP contribution in [0.2, 0.25) is 0 Å².